The highest BCUT2D eigenvalue weighted by Crippen LogP contribution is 2.23. The molecule has 4 rings (SSSR count). The normalized spacial score (nSPS) is 10.9. The van der Waals surface area contributed by atoms with Crippen molar-refractivity contribution in [2.75, 3.05) is 11.9 Å². The van der Waals surface area contributed by atoms with Crippen LogP contribution in [0, 0.1) is 27.7 Å². The monoisotopic (exact) mass is 400 g/mol. The summed E-state index contributed by atoms with van der Waals surface area (Å²) in [5.41, 5.74) is 4.92. The SMILES string of the molecule is Cc1ccc(OCC(=O)Nc2cc(C)nn2-c2cc(C)c3ccccc3n2)c(C)c1. The highest BCUT2D eigenvalue weighted by Gasteiger charge is 2.14. The summed E-state index contributed by atoms with van der Waals surface area (Å²) in [6, 6.07) is 17.6. The van der Waals surface area contributed by atoms with Crippen LogP contribution in [0.2, 0.25) is 0 Å². The van der Waals surface area contributed by atoms with Gasteiger partial charge >= 0.3 is 0 Å². The molecule has 2 aromatic heterocycles. The van der Waals surface area contributed by atoms with Crippen LogP contribution in [0.4, 0.5) is 5.82 Å². The number of pyridine rings is 1. The Hall–Kier alpha value is -3.67. The van der Waals surface area contributed by atoms with Crippen LogP contribution >= 0.6 is 0 Å². The Morgan fingerprint density at radius 3 is 2.60 bits per heavy atom. The van der Waals surface area contributed by atoms with Crippen LogP contribution in [0.1, 0.15) is 22.4 Å². The number of aromatic nitrogens is 3. The average molecular weight is 400 g/mol. The van der Waals surface area contributed by atoms with Gasteiger partial charge in [-0.1, -0.05) is 35.9 Å². The summed E-state index contributed by atoms with van der Waals surface area (Å²) in [6.45, 7) is 7.83. The Morgan fingerprint density at radius 1 is 1.00 bits per heavy atom. The molecule has 0 radical (unpaired) electrons. The molecule has 6 heteroatoms. The van der Waals surface area contributed by atoms with Crippen molar-refractivity contribution in [1.29, 1.82) is 0 Å². The number of nitrogens with zero attached hydrogens (tertiary/aromatic N) is 3. The number of aryl methyl sites for hydroxylation is 4. The first-order valence-corrected chi connectivity index (χ1v) is 9.84. The van der Waals surface area contributed by atoms with E-state index in [1.165, 1.54) is 0 Å². The third-order valence-electron chi connectivity index (χ3n) is 4.91. The lowest BCUT2D eigenvalue weighted by Gasteiger charge is -2.12. The van der Waals surface area contributed by atoms with E-state index in [9.17, 15) is 4.79 Å². The zero-order valence-electron chi connectivity index (χ0n) is 17.6. The van der Waals surface area contributed by atoms with Gasteiger partial charge in [0.25, 0.3) is 5.91 Å². The molecule has 30 heavy (non-hydrogen) atoms. The number of hydrogen-bond acceptors (Lipinski definition) is 4. The van der Waals surface area contributed by atoms with E-state index in [-0.39, 0.29) is 12.5 Å². The van der Waals surface area contributed by atoms with E-state index in [1.807, 2.05) is 82.3 Å². The Labute approximate surface area is 175 Å². The molecule has 0 saturated heterocycles. The fourth-order valence-electron chi connectivity index (χ4n) is 3.49. The van der Waals surface area contributed by atoms with Gasteiger partial charge in [0.2, 0.25) is 0 Å². The van der Waals surface area contributed by atoms with Gasteiger partial charge in [-0.3, -0.25) is 4.79 Å². The molecule has 0 aliphatic rings. The zero-order chi connectivity index (χ0) is 21.3. The number of nitrogens with one attached hydrogen (secondary N) is 1. The zero-order valence-corrected chi connectivity index (χ0v) is 17.6. The highest BCUT2D eigenvalue weighted by atomic mass is 16.5. The van der Waals surface area contributed by atoms with Crippen LogP contribution in [0.25, 0.3) is 16.7 Å². The summed E-state index contributed by atoms with van der Waals surface area (Å²) in [5, 5.41) is 8.51. The van der Waals surface area contributed by atoms with Crippen LogP contribution in [-0.4, -0.2) is 27.3 Å². The molecule has 0 bridgehead atoms. The second kappa shape index (κ2) is 7.99. The van der Waals surface area contributed by atoms with Crippen molar-refractivity contribution in [3.8, 4) is 11.6 Å². The lowest BCUT2D eigenvalue weighted by Crippen LogP contribution is -2.22. The fraction of sp³-hybridized carbons (Fsp3) is 0.208. The molecule has 0 saturated carbocycles. The molecule has 0 unspecified atom stereocenters. The predicted molar refractivity (Wildman–Crippen MR) is 118 cm³/mol. The van der Waals surface area contributed by atoms with Crippen LogP contribution in [0.5, 0.6) is 5.75 Å². The van der Waals surface area contributed by atoms with Gasteiger partial charge in [-0.2, -0.15) is 9.78 Å². The van der Waals surface area contributed by atoms with Crippen LogP contribution < -0.4 is 10.1 Å². The van der Waals surface area contributed by atoms with E-state index >= 15 is 0 Å². The van der Waals surface area contributed by atoms with Crippen molar-refractivity contribution in [3.63, 3.8) is 0 Å². The van der Waals surface area contributed by atoms with Gasteiger partial charge in [0.1, 0.15) is 11.6 Å². The third-order valence-corrected chi connectivity index (χ3v) is 4.91. The number of hydrogen-bond donors (Lipinski definition) is 1. The smallest absolute Gasteiger partial charge is 0.263 e. The number of amides is 1. The number of carbonyl (C=O) groups excluding carboxylic acids is 1. The molecular weight excluding hydrogens is 376 g/mol. The van der Waals surface area contributed by atoms with Crippen LogP contribution in [0.15, 0.2) is 54.6 Å². The van der Waals surface area contributed by atoms with Crippen molar-refractivity contribution < 1.29 is 9.53 Å². The van der Waals surface area contributed by atoms with Crippen molar-refractivity contribution >= 4 is 22.6 Å². The van der Waals surface area contributed by atoms with Crippen LogP contribution in [0.3, 0.4) is 0 Å². The summed E-state index contributed by atoms with van der Waals surface area (Å²) in [5.74, 6) is 1.66. The molecule has 0 spiro atoms. The molecule has 152 valence electrons. The van der Waals surface area contributed by atoms with Crippen molar-refractivity contribution in [1.82, 2.24) is 14.8 Å². The second-order valence-electron chi connectivity index (χ2n) is 7.50. The molecule has 0 aliphatic carbocycles. The molecule has 2 aromatic carbocycles. The first-order valence-electron chi connectivity index (χ1n) is 9.84. The topological polar surface area (TPSA) is 69.0 Å². The lowest BCUT2D eigenvalue weighted by molar-refractivity contribution is -0.118. The second-order valence-corrected chi connectivity index (χ2v) is 7.50. The highest BCUT2D eigenvalue weighted by molar-refractivity contribution is 5.91. The third kappa shape index (κ3) is 4.03. The Morgan fingerprint density at radius 2 is 1.80 bits per heavy atom. The van der Waals surface area contributed by atoms with Gasteiger partial charge in [-0.05, 0) is 57.0 Å². The van der Waals surface area contributed by atoms with Crippen molar-refractivity contribution in [2.24, 2.45) is 0 Å². The number of fused-ring (bicyclic) bond motifs is 1. The first-order chi connectivity index (χ1) is 14.4. The molecule has 0 fully saturated rings. The van der Waals surface area contributed by atoms with Gasteiger partial charge in [0.15, 0.2) is 12.4 Å². The molecule has 1 amide bonds. The minimum atomic E-state index is -0.256. The molecule has 4 aromatic rings. The number of ether oxygens (including phenoxy) is 1. The average Bonchev–Trinajstić information content (AvgIpc) is 3.07. The van der Waals surface area contributed by atoms with E-state index in [2.05, 4.69) is 10.4 Å². The van der Waals surface area contributed by atoms with Crippen molar-refractivity contribution in [2.45, 2.75) is 27.7 Å². The molecular formula is C24H24N4O2. The Kier molecular flexibility index (Phi) is 5.23. The summed E-state index contributed by atoms with van der Waals surface area (Å²) < 4.78 is 7.35. The number of para-hydroxylation sites is 1. The molecule has 1 N–H and O–H groups in total. The summed E-state index contributed by atoms with van der Waals surface area (Å²) >= 11 is 0. The number of carbonyl (C=O) groups is 1. The number of anilines is 1. The largest absolute Gasteiger partial charge is 0.483 e. The summed E-state index contributed by atoms with van der Waals surface area (Å²) in [7, 11) is 0. The maximum absolute atomic E-state index is 12.5. The molecule has 0 aliphatic heterocycles. The first kappa shape index (κ1) is 19.6. The Bertz CT molecular complexity index is 1240. The van der Waals surface area contributed by atoms with Crippen molar-refractivity contribution in [3.05, 3.63) is 77.0 Å². The Balaban J connectivity index is 1.55. The molecule has 6 nitrogen and oxygen atoms in total. The van der Waals surface area contributed by atoms with E-state index in [0.29, 0.717) is 17.4 Å². The van der Waals surface area contributed by atoms with Crippen LogP contribution in [-0.2, 0) is 4.79 Å². The summed E-state index contributed by atoms with van der Waals surface area (Å²) in [4.78, 5) is 17.3. The summed E-state index contributed by atoms with van der Waals surface area (Å²) in [6.07, 6.45) is 0. The van der Waals surface area contributed by atoms with Gasteiger partial charge in [0, 0.05) is 11.5 Å². The number of rotatable bonds is 5. The predicted octanol–water partition coefficient (Wildman–Crippen LogP) is 4.67. The molecule has 0 atom stereocenters. The van der Waals surface area contributed by atoms with E-state index < -0.39 is 0 Å². The van der Waals surface area contributed by atoms with Gasteiger partial charge < -0.3 is 10.1 Å². The molecule has 2 heterocycles. The number of benzene rings is 2. The maximum atomic E-state index is 12.5. The minimum absolute atomic E-state index is 0.0850. The lowest BCUT2D eigenvalue weighted by atomic mass is 10.1. The maximum Gasteiger partial charge on any atom is 0.263 e. The van der Waals surface area contributed by atoms with E-state index in [0.717, 1.165) is 33.3 Å². The fourth-order valence-corrected chi connectivity index (χ4v) is 3.49. The standard InChI is InChI=1S/C24H24N4O2/c1-15-9-10-21(17(3)11-15)30-14-24(29)26-23-13-18(4)27-28(23)22-12-16(2)19-7-5-6-8-20(19)25-22/h5-13H,14H2,1-4H3,(H,26,29). The van der Waals surface area contributed by atoms with Gasteiger partial charge in [-0.15, -0.1) is 0 Å². The van der Waals surface area contributed by atoms with E-state index in [4.69, 9.17) is 9.72 Å². The minimum Gasteiger partial charge on any atom is -0.483 e. The van der Waals surface area contributed by atoms with Gasteiger partial charge in [0.05, 0.1) is 11.2 Å². The van der Waals surface area contributed by atoms with Gasteiger partial charge in [-0.25, -0.2) is 4.98 Å². The van der Waals surface area contributed by atoms with E-state index in [1.54, 1.807) is 4.68 Å². The quantitative estimate of drug-likeness (QED) is 0.528.